The minimum Gasteiger partial charge on any atom is -0.482 e. The lowest BCUT2D eigenvalue weighted by Gasteiger charge is -2.23. The second kappa shape index (κ2) is 11.0. The molecule has 180 valence electrons. The average molecular weight is 473 g/mol. The quantitative estimate of drug-likeness (QED) is 0.405. The van der Waals surface area contributed by atoms with E-state index in [-0.39, 0.29) is 0 Å². The van der Waals surface area contributed by atoms with Crippen LogP contribution in [0.25, 0.3) is 11.3 Å². The first-order valence-corrected chi connectivity index (χ1v) is 10.9. The summed E-state index contributed by atoms with van der Waals surface area (Å²) >= 11 is 0. The van der Waals surface area contributed by atoms with Crippen LogP contribution in [0.1, 0.15) is 36.5 Å². The molecule has 34 heavy (non-hydrogen) atoms. The van der Waals surface area contributed by atoms with Crippen molar-refractivity contribution < 1.29 is 27.8 Å². The second-order valence-electron chi connectivity index (χ2n) is 7.87. The van der Waals surface area contributed by atoms with Gasteiger partial charge < -0.3 is 14.7 Å². The van der Waals surface area contributed by atoms with E-state index in [9.17, 15) is 18.0 Å². The van der Waals surface area contributed by atoms with E-state index in [2.05, 4.69) is 16.9 Å². The minimum absolute atomic E-state index is 0.409. The van der Waals surface area contributed by atoms with Gasteiger partial charge in [0.2, 0.25) is 5.95 Å². The van der Waals surface area contributed by atoms with Crippen LogP contribution in [0.4, 0.5) is 19.1 Å². The lowest BCUT2D eigenvalue weighted by molar-refractivity contribution is -0.139. The zero-order valence-electron chi connectivity index (χ0n) is 19.0. The Balaban J connectivity index is 1.83. The zero-order chi connectivity index (χ0) is 24.7. The Kier molecular flexibility index (Phi) is 8.09. The Morgan fingerprint density at radius 1 is 1.12 bits per heavy atom. The normalized spacial score (nSPS) is 11.3. The van der Waals surface area contributed by atoms with Gasteiger partial charge in [-0.1, -0.05) is 37.6 Å². The molecule has 0 bridgehead atoms. The highest BCUT2D eigenvalue weighted by Crippen LogP contribution is 2.31. The summed E-state index contributed by atoms with van der Waals surface area (Å²) in [6.07, 6.45) is -0.913. The van der Waals surface area contributed by atoms with Gasteiger partial charge in [0, 0.05) is 24.8 Å². The highest BCUT2D eigenvalue weighted by molar-refractivity contribution is 5.68. The van der Waals surface area contributed by atoms with Crippen molar-refractivity contribution >= 4 is 11.9 Å². The van der Waals surface area contributed by atoms with Crippen molar-refractivity contribution in [2.45, 2.75) is 39.4 Å². The molecule has 3 rings (SSSR count). The number of alkyl halides is 3. The molecule has 0 unspecified atom stereocenters. The number of anilines is 1. The number of halogens is 3. The Bertz CT molecular complexity index is 1120. The van der Waals surface area contributed by atoms with Crippen molar-refractivity contribution in [3.8, 4) is 17.0 Å². The van der Waals surface area contributed by atoms with Gasteiger partial charge in [-0.2, -0.15) is 13.2 Å². The van der Waals surface area contributed by atoms with Gasteiger partial charge in [-0.15, -0.1) is 0 Å². The summed E-state index contributed by atoms with van der Waals surface area (Å²) in [6.45, 7) is 4.72. The number of aryl methyl sites for hydroxylation is 1. The van der Waals surface area contributed by atoms with Crippen LogP contribution in [0.15, 0.2) is 54.7 Å². The molecule has 3 aromatic rings. The number of ether oxygens (including phenoxy) is 1. The summed E-state index contributed by atoms with van der Waals surface area (Å²) in [5.74, 6) is -0.0548. The van der Waals surface area contributed by atoms with E-state index >= 15 is 0 Å². The summed E-state index contributed by atoms with van der Waals surface area (Å²) in [5, 5.41) is 8.81. The predicted octanol–water partition coefficient (Wildman–Crippen LogP) is 5.74. The monoisotopic (exact) mass is 473 g/mol. The van der Waals surface area contributed by atoms with Crippen molar-refractivity contribution in [2.75, 3.05) is 18.1 Å². The van der Waals surface area contributed by atoms with E-state index in [1.54, 1.807) is 18.3 Å². The van der Waals surface area contributed by atoms with Gasteiger partial charge in [0.1, 0.15) is 5.75 Å². The van der Waals surface area contributed by atoms with Crippen LogP contribution in [0.2, 0.25) is 0 Å². The van der Waals surface area contributed by atoms with Crippen molar-refractivity contribution in [2.24, 2.45) is 0 Å². The second-order valence-corrected chi connectivity index (χ2v) is 7.87. The van der Waals surface area contributed by atoms with Crippen LogP contribution < -0.4 is 9.64 Å². The number of aliphatic carboxylic acids is 1. The van der Waals surface area contributed by atoms with Gasteiger partial charge in [-0.05, 0) is 48.7 Å². The number of aromatic nitrogens is 2. The Morgan fingerprint density at radius 2 is 1.85 bits per heavy atom. The molecule has 0 fully saturated rings. The number of benzene rings is 2. The van der Waals surface area contributed by atoms with Gasteiger partial charge in [0.25, 0.3) is 0 Å². The summed E-state index contributed by atoms with van der Waals surface area (Å²) in [5.41, 5.74) is 2.19. The standard InChI is InChI=1S/C25H26F3N3O3/c1-3-4-13-31(15-18-5-10-22(17(2)14-18)34-16-23(32)33)24-29-12-11-21(30-24)19-6-8-20(9-7-19)25(26,27)28/h5-12,14H,3-4,13,15-16H2,1-2H3,(H,32,33). The van der Waals surface area contributed by atoms with E-state index in [1.807, 2.05) is 24.0 Å². The lowest BCUT2D eigenvalue weighted by Crippen LogP contribution is -2.26. The molecular formula is C25H26F3N3O3. The smallest absolute Gasteiger partial charge is 0.416 e. The first-order chi connectivity index (χ1) is 16.2. The Morgan fingerprint density at radius 3 is 2.47 bits per heavy atom. The fourth-order valence-electron chi connectivity index (χ4n) is 3.42. The first-order valence-electron chi connectivity index (χ1n) is 10.9. The van der Waals surface area contributed by atoms with Crippen molar-refractivity contribution in [1.82, 2.24) is 9.97 Å². The number of nitrogens with zero attached hydrogens (tertiary/aromatic N) is 3. The molecule has 1 N–H and O–H groups in total. The molecule has 0 amide bonds. The minimum atomic E-state index is -4.39. The van der Waals surface area contributed by atoms with E-state index in [0.717, 1.165) is 36.1 Å². The van der Waals surface area contributed by atoms with Crippen molar-refractivity contribution in [3.63, 3.8) is 0 Å². The van der Waals surface area contributed by atoms with Gasteiger partial charge >= 0.3 is 12.1 Å². The molecule has 0 aliphatic heterocycles. The molecule has 0 saturated carbocycles. The topological polar surface area (TPSA) is 75.5 Å². The molecule has 1 heterocycles. The highest BCUT2D eigenvalue weighted by atomic mass is 19.4. The molecule has 9 heteroatoms. The third-order valence-corrected chi connectivity index (χ3v) is 5.18. The number of carboxylic acid groups (broad SMARTS) is 1. The van der Waals surface area contributed by atoms with Crippen LogP contribution in [-0.2, 0) is 17.5 Å². The largest absolute Gasteiger partial charge is 0.482 e. The van der Waals surface area contributed by atoms with Gasteiger partial charge in [-0.25, -0.2) is 14.8 Å². The maximum Gasteiger partial charge on any atom is 0.416 e. The van der Waals surface area contributed by atoms with E-state index in [4.69, 9.17) is 9.84 Å². The maximum atomic E-state index is 12.9. The molecule has 0 saturated heterocycles. The number of hydrogen-bond acceptors (Lipinski definition) is 5. The fraction of sp³-hybridized carbons (Fsp3) is 0.320. The SMILES string of the molecule is CCCCN(Cc1ccc(OCC(=O)O)c(C)c1)c1nccc(-c2ccc(C(F)(F)F)cc2)n1. The molecular weight excluding hydrogens is 447 g/mol. The van der Waals surface area contributed by atoms with E-state index in [0.29, 0.717) is 36.0 Å². The molecule has 0 aliphatic carbocycles. The number of hydrogen-bond donors (Lipinski definition) is 1. The summed E-state index contributed by atoms with van der Waals surface area (Å²) in [6, 6.07) is 12.1. The maximum absolute atomic E-state index is 12.9. The number of rotatable bonds is 10. The van der Waals surface area contributed by atoms with Crippen LogP contribution in [0.3, 0.4) is 0 Å². The zero-order valence-corrected chi connectivity index (χ0v) is 19.0. The van der Waals surface area contributed by atoms with Crippen molar-refractivity contribution in [1.29, 1.82) is 0 Å². The van der Waals surface area contributed by atoms with Crippen LogP contribution in [-0.4, -0.2) is 34.2 Å². The number of carbonyl (C=O) groups is 1. The predicted molar refractivity (Wildman–Crippen MR) is 123 cm³/mol. The van der Waals surface area contributed by atoms with E-state index < -0.39 is 24.3 Å². The molecule has 6 nitrogen and oxygen atoms in total. The summed E-state index contributed by atoms with van der Waals surface area (Å²) in [7, 11) is 0. The van der Waals surface area contributed by atoms with Crippen LogP contribution in [0, 0.1) is 6.92 Å². The fourth-order valence-corrected chi connectivity index (χ4v) is 3.42. The molecule has 1 aromatic heterocycles. The Labute approximate surface area is 196 Å². The average Bonchev–Trinajstić information content (AvgIpc) is 2.80. The van der Waals surface area contributed by atoms with Gasteiger partial charge in [0.05, 0.1) is 11.3 Å². The third kappa shape index (κ3) is 6.69. The van der Waals surface area contributed by atoms with Gasteiger partial charge in [-0.3, -0.25) is 0 Å². The van der Waals surface area contributed by atoms with E-state index in [1.165, 1.54) is 12.1 Å². The van der Waals surface area contributed by atoms with Crippen LogP contribution in [0.5, 0.6) is 5.75 Å². The molecule has 2 aromatic carbocycles. The Hall–Kier alpha value is -3.62. The highest BCUT2D eigenvalue weighted by Gasteiger charge is 2.30. The molecule has 0 spiro atoms. The third-order valence-electron chi connectivity index (χ3n) is 5.18. The molecule has 0 radical (unpaired) electrons. The molecule has 0 aliphatic rings. The summed E-state index contributed by atoms with van der Waals surface area (Å²) in [4.78, 5) is 21.8. The lowest BCUT2D eigenvalue weighted by atomic mass is 10.1. The van der Waals surface area contributed by atoms with Crippen LogP contribution >= 0.6 is 0 Å². The number of unbranched alkanes of at least 4 members (excludes halogenated alkanes) is 1. The number of carboxylic acids is 1. The first kappa shape index (κ1) is 25.0. The molecule has 0 atom stereocenters. The summed E-state index contributed by atoms with van der Waals surface area (Å²) < 4.78 is 43.9. The van der Waals surface area contributed by atoms with Crippen molar-refractivity contribution in [3.05, 3.63) is 71.4 Å². The van der Waals surface area contributed by atoms with Gasteiger partial charge in [0.15, 0.2) is 6.61 Å².